The number of pyridine rings is 1. The maximum Gasteiger partial charge on any atom is 0.217 e. The fourth-order valence-electron chi connectivity index (χ4n) is 1.82. The number of nitrogens with one attached hydrogen (secondary N) is 1. The molecule has 1 aromatic heterocycles. The standard InChI is InChI=1S/C12H21N3O3S/c1-3-19(16,17)9-5-7-11(15-13)10-6-4-8-14-12(10)18-2/h4,6,8,11,15H,3,5,7,9,13H2,1-2H3. The SMILES string of the molecule is CCS(=O)(=O)CCCC(NN)c1cccnc1OC. The third kappa shape index (κ3) is 4.77. The Balaban J connectivity index is 2.68. The molecule has 0 fully saturated rings. The fraction of sp³-hybridized carbons (Fsp3) is 0.583. The Kier molecular flexibility index (Phi) is 6.20. The predicted octanol–water partition coefficient (Wildman–Crippen LogP) is 0.810. The average Bonchev–Trinajstić information content (AvgIpc) is 2.43. The minimum atomic E-state index is -2.94. The van der Waals surface area contributed by atoms with Crippen LogP contribution in [-0.4, -0.2) is 32.0 Å². The van der Waals surface area contributed by atoms with Crippen molar-refractivity contribution in [1.29, 1.82) is 0 Å². The number of hydrazine groups is 1. The molecule has 0 saturated carbocycles. The van der Waals surface area contributed by atoms with E-state index in [1.165, 1.54) is 0 Å². The van der Waals surface area contributed by atoms with Crippen LogP contribution < -0.4 is 16.0 Å². The third-order valence-corrected chi connectivity index (χ3v) is 4.75. The van der Waals surface area contributed by atoms with Crippen molar-refractivity contribution in [3.05, 3.63) is 23.9 Å². The second kappa shape index (κ2) is 7.42. The van der Waals surface area contributed by atoms with Crippen molar-refractivity contribution in [3.8, 4) is 5.88 Å². The minimum Gasteiger partial charge on any atom is -0.481 e. The van der Waals surface area contributed by atoms with E-state index in [2.05, 4.69) is 10.4 Å². The zero-order valence-corrected chi connectivity index (χ0v) is 12.1. The van der Waals surface area contributed by atoms with Gasteiger partial charge in [0.15, 0.2) is 0 Å². The van der Waals surface area contributed by atoms with E-state index in [1.807, 2.05) is 6.07 Å². The smallest absolute Gasteiger partial charge is 0.217 e. The molecule has 0 bridgehead atoms. The summed E-state index contributed by atoms with van der Waals surface area (Å²) in [5.74, 6) is 6.37. The van der Waals surface area contributed by atoms with E-state index >= 15 is 0 Å². The van der Waals surface area contributed by atoms with Crippen LogP contribution in [-0.2, 0) is 9.84 Å². The topological polar surface area (TPSA) is 94.3 Å². The quantitative estimate of drug-likeness (QED) is 0.543. The van der Waals surface area contributed by atoms with Crippen molar-refractivity contribution in [3.63, 3.8) is 0 Å². The van der Waals surface area contributed by atoms with Gasteiger partial charge in [0.25, 0.3) is 0 Å². The van der Waals surface area contributed by atoms with Crippen LogP contribution in [0.3, 0.4) is 0 Å². The lowest BCUT2D eigenvalue weighted by Crippen LogP contribution is -2.29. The normalized spacial score (nSPS) is 13.2. The average molecular weight is 287 g/mol. The van der Waals surface area contributed by atoms with Gasteiger partial charge in [0.1, 0.15) is 9.84 Å². The molecule has 0 aromatic carbocycles. The number of hydrogen-bond donors (Lipinski definition) is 2. The molecule has 1 rings (SSSR count). The lowest BCUT2D eigenvalue weighted by atomic mass is 10.0. The summed E-state index contributed by atoms with van der Waals surface area (Å²) in [5, 5.41) is 0. The van der Waals surface area contributed by atoms with Gasteiger partial charge >= 0.3 is 0 Å². The highest BCUT2D eigenvalue weighted by molar-refractivity contribution is 7.91. The monoisotopic (exact) mass is 287 g/mol. The molecule has 1 aromatic rings. The van der Waals surface area contributed by atoms with E-state index in [1.54, 1.807) is 26.3 Å². The van der Waals surface area contributed by atoms with E-state index in [-0.39, 0.29) is 17.5 Å². The summed E-state index contributed by atoms with van der Waals surface area (Å²) >= 11 is 0. The molecule has 1 heterocycles. The molecular weight excluding hydrogens is 266 g/mol. The van der Waals surface area contributed by atoms with Gasteiger partial charge in [-0.25, -0.2) is 13.4 Å². The summed E-state index contributed by atoms with van der Waals surface area (Å²) in [6, 6.07) is 3.49. The molecule has 0 aliphatic carbocycles. The first-order valence-corrected chi connectivity index (χ1v) is 8.01. The molecule has 0 aliphatic heterocycles. The third-order valence-electron chi connectivity index (χ3n) is 2.96. The fourth-order valence-corrected chi connectivity index (χ4v) is 2.71. The molecule has 0 spiro atoms. The van der Waals surface area contributed by atoms with Crippen LogP contribution in [0, 0.1) is 0 Å². The summed E-state index contributed by atoms with van der Waals surface area (Å²) in [7, 11) is -1.39. The molecule has 6 nitrogen and oxygen atoms in total. The zero-order valence-electron chi connectivity index (χ0n) is 11.3. The minimum absolute atomic E-state index is 0.171. The number of ether oxygens (including phenoxy) is 1. The van der Waals surface area contributed by atoms with Crippen LogP contribution in [0.25, 0.3) is 0 Å². The predicted molar refractivity (Wildman–Crippen MR) is 74.4 cm³/mol. The first kappa shape index (κ1) is 15.9. The van der Waals surface area contributed by atoms with Gasteiger partial charge in [-0.2, -0.15) is 0 Å². The van der Waals surface area contributed by atoms with E-state index in [0.717, 1.165) is 5.56 Å². The number of methoxy groups -OCH3 is 1. The van der Waals surface area contributed by atoms with Gasteiger partial charge in [-0.05, 0) is 18.9 Å². The molecule has 1 unspecified atom stereocenters. The van der Waals surface area contributed by atoms with Crippen LogP contribution in [0.4, 0.5) is 0 Å². The Bertz CT molecular complexity index is 491. The number of nitrogens with zero attached hydrogens (tertiary/aromatic N) is 1. The Morgan fingerprint density at radius 2 is 2.26 bits per heavy atom. The van der Waals surface area contributed by atoms with Gasteiger partial charge in [0.2, 0.25) is 5.88 Å². The van der Waals surface area contributed by atoms with E-state index in [4.69, 9.17) is 10.6 Å². The summed E-state index contributed by atoms with van der Waals surface area (Å²) < 4.78 is 28.1. The molecule has 108 valence electrons. The number of hydrogen-bond acceptors (Lipinski definition) is 6. The van der Waals surface area contributed by atoms with Crippen LogP contribution >= 0.6 is 0 Å². The molecule has 0 saturated heterocycles. The first-order chi connectivity index (χ1) is 9.04. The number of nitrogens with two attached hydrogens (primary N) is 1. The number of rotatable bonds is 8. The molecule has 0 radical (unpaired) electrons. The molecule has 7 heteroatoms. The summed E-state index contributed by atoms with van der Waals surface area (Å²) in [5.41, 5.74) is 3.52. The molecule has 19 heavy (non-hydrogen) atoms. The van der Waals surface area contributed by atoms with Crippen LogP contribution in [0.1, 0.15) is 31.4 Å². The highest BCUT2D eigenvalue weighted by atomic mass is 32.2. The van der Waals surface area contributed by atoms with Crippen LogP contribution in [0.5, 0.6) is 5.88 Å². The Morgan fingerprint density at radius 3 is 2.84 bits per heavy atom. The van der Waals surface area contributed by atoms with E-state index in [0.29, 0.717) is 18.7 Å². The number of sulfone groups is 1. The molecule has 3 N–H and O–H groups in total. The highest BCUT2D eigenvalue weighted by Gasteiger charge is 2.16. The highest BCUT2D eigenvalue weighted by Crippen LogP contribution is 2.25. The summed E-state index contributed by atoms with van der Waals surface area (Å²) in [6.45, 7) is 1.65. The second-order valence-corrected chi connectivity index (χ2v) is 6.67. The second-order valence-electron chi connectivity index (χ2n) is 4.20. The summed E-state index contributed by atoms with van der Waals surface area (Å²) in [4.78, 5) is 4.10. The van der Waals surface area contributed by atoms with Gasteiger partial charge in [0, 0.05) is 17.5 Å². The van der Waals surface area contributed by atoms with Crippen molar-refractivity contribution in [1.82, 2.24) is 10.4 Å². The van der Waals surface area contributed by atoms with Crippen LogP contribution in [0.15, 0.2) is 18.3 Å². The Hall–Kier alpha value is -1.18. The van der Waals surface area contributed by atoms with E-state index < -0.39 is 9.84 Å². The van der Waals surface area contributed by atoms with Gasteiger partial charge in [-0.15, -0.1) is 0 Å². The Labute approximate surface area is 114 Å². The summed E-state index contributed by atoms with van der Waals surface area (Å²) in [6.07, 6.45) is 2.79. The van der Waals surface area contributed by atoms with Gasteiger partial charge in [-0.3, -0.25) is 11.3 Å². The maximum atomic E-state index is 11.4. The zero-order chi connectivity index (χ0) is 14.3. The lowest BCUT2D eigenvalue weighted by molar-refractivity contribution is 0.379. The van der Waals surface area contributed by atoms with Crippen molar-refractivity contribution in [2.45, 2.75) is 25.8 Å². The molecule has 0 amide bonds. The maximum absolute atomic E-state index is 11.4. The molecule has 0 aliphatic rings. The van der Waals surface area contributed by atoms with Crippen molar-refractivity contribution in [2.75, 3.05) is 18.6 Å². The van der Waals surface area contributed by atoms with E-state index in [9.17, 15) is 8.42 Å². The largest absolute Gasteiger partial charge is 0.481 e. The van der Waals surface area contributed by atoms with Crippen molar-refractivity contribution in [2.24, 2.45) is 5.84 Å². The van der Waals surface area contributed by atoms with Crippen molar-refractivity contribution < 1.29 is 13.2 Å². The van der Waals surface area contributed by atoms with Crippen LogP contribution in [0.2, 0.25) is 0 Å². The van der Waals surface area contributed by atoms with Gasteiger partial charge in [-0.1, -0.05) is 13.0 Å². The molecular formula is C12H21N3O3S. The number of aromatic nitrogens is 1. The van der Waals surface area contributed by atoms with Gasteiger partial charge in [0.05, 0.1) is 18.9 Å². The van der Waals surface area contributed by atoms with Crippen molar-refractivity contribution >= 4 is 9.84 Å². The lowest BCUT2D eigenvalue weighted by Gasteiger charge is -2.18. The first-order valence-electron chi connectivity index (χ1n) is 6.19. The Morgan fingerprint density at radius 1 is 1.53 bits per heavy atom. The van der Waals surface area contributed by atoms with Gasteiger partial charge < -0.3 is 4.74 Å². The molecule has 1 atom stereocenters.